The van der Waals surface area contributed by atoms with Crippen molar-refractivity contribution in [2.24, 2.45) is 0 Å². The molecule has 0 saturated carbocycles. The van der Waals surface area contributed by atoms with Crippen molar-refractivity contribution in [3.8, 4) is 0 Å². The number of pyridine rings is 1. The molecule has 1 aliphatic rings. The van der Waals surface area contributed by atoms with Crippen molar-refractivity contribution in [1.29, 1.82) is 0 Å². The highest BCUT2D eigenvalue weighted by Crippen LogP contribution is 2.20. The van der Waals surface area contributed by atoms with Gasteiger partial charge in [-0.15, -0.1) is 0 Å². The third kappa shape index (κ3) is 2.90. The van der Waals surface area contributed by atoms with Crippen LogP contribution in [0.5, 0.6) is 0 Å². The van der Waals surface area contributed by atoms with E-state index in [1.54, 1.807) is 0 Å². The van der Waals surface area contributed by atoms with Gasteiger partial charge in [0.2, 0.25) is 5.78 Å². The molecule has 0 atom stereocenters. The first-order valence-electron chi connectivity index (χ1n) is 7.49. The molecule has 1 aliphatic heterocycles. The molecule has 118 valence electrons. The van der Waals surface area contributed by atoms with Gasteiger partial charge in [0.05, 0.1) is 24.4 Å². The lowest BCUT2D eigenvalue weighted by molar-refractivity contribution is 0.0338. The Bertz CT molecular complexity index is 675. The number of morpholine rings is 1. The summed E-state index contributed by atoms with van der Waals surface area (Å²) in [5.74, 6) is 0.347. The van der Waals surface area contributed by atoms with E-state index in [0.29, 0.717) is 5.82 Å². The van der Waals surface area contributed by atoms with Gasteiger partial charge in [0.15, 0.2) is 5.82 Å². The first-order valence-corrected chi connectivity index (χ1v) is 7.49. The summed E-state index contributed by atoms with van der Waals surface area (Å²) in [6.07, 6.45) is 1.89. The first-order chi connectivity index (χ1) is 10.7. The second-order valence-electron chi connectivity index (χ2n) is 5.54. The number of aromatic nitrogens is 2. The van der Waals surface area contributed by atoms with Crippen LogP contribution in [0.4, 0.5) is 0 Å². The second kappa shape index (κ2) is 6.56. The fourth-order valence-corrected chi connectivity index (χ4v) is 2.87. The lowest BCUT2D eigenvalue weighted by Gasteiger charge is -2.25. The van der Waals surface area contributed by atoms with Gasteiger partial charge in [-0.3, -0.25) is 14.1 Å². The molecule has 0 spiro atoms. The van der Waals surface area contributed by atoms with E-state index in [2.05, 4.69) is 9.88 Å². The number of ether oxygens (including phenoxy) is 2. The van der Waals surface area contributed by atoms with Crippen molar-refractivity contribution >= 4 is 11.3 Å². The van der Waals surface area contributed by atoms with Gasteiger partial charge in [-0.25, -0.2) is 4.98 Å². The van der Waals surface area contributed by atoms with Crippen LogP contribution in [0.1, 0.15) is 21.9 Å². The van der Waals surface area contributed by atoms with Crippen molar-refractivity contribution in [3.63, 3.8) is 0 Å². The minimum atomic E-state index is -0.101. The number of hydrogen-bond donors (Lipinski definition) is 0. The Balaban J connectivity index is 1.99. The lowest BCUT2D eigenvalue weighted by atomic mass is 10.2. The Kier molecular flexibility index (Phi) is 4.52. The van der Waals surface area contributed by atoms with E-state index in [-0.39, 0.29) is 12.4 Å². The number of aryl methyl sites for hydroxylation is 1. The Morgan fingerprint density at radius 1 is 1.41 bits per heavy atom. The van der Waals surface area contributed by atoms with Gasteiger partial charge in [0.25, 0.3) is 0 Å². The van der Waals surface area contributed by atoms with Gasteiger partial charge in [-0.2, -0.15) is 0 Å². The molecule has 0 aliphatic carbocycles. The smallest absolute Gasteiger partial charge is 0.224 e. The zero-order valence-corrected chi connectivity index (χ0v) is 13.0. The summed E-state index contributed by atoms with van der Waals surface area (Å²) in [6.45, 7) is 6.12. The Morgan fingerprint density at radius 2 is 2.18 bits per heavy atom. The van der Waals surface area contributed by atoms with Crippen molar-refractivity contribution in [3.05, 3.63) is 35.4 Å². The van der Waals surface area contributed by atoms with E-state index in [1.807, 2.05) is 29.7 Å². The molecule has 0 bridgehead atoms. The summed E-state index contributed by atoms with van der Waals surface area (Å²) in [7, 11) is 1.52. The van der Waals surface area contributed by atoms with E-state index in [0.717, 1.165) is 49.6 Å². The zero-order valence-electron chi connectivity index (χ0n) is 13.0. The quantitative estimate of drug-likeness (QED) is 0.779. The average molecular weight is 303 g/mol. The molecule has 6 nitrogen and oxygen atoms in total. The van der Waals surface area contributed by atoms with Gasteiger partial charge in [-0.05, 0) is 18.6 Å². The van der Waals surface area contributed by atoms with Crippen LogP contribution in [0.2, 0.25) is 0 Å². The Hall–Kier alpha value is -1.76. The van der Waals surface area contributed by atoms with E-state index in [9.17, 15) is 4.79 Å². The highest BCUT2D eigenvalue weighted by molar-refractivity contribution is 5.95. The predicted molar refractivity (Wildman–Crippen MR) is 82.2 cm³/mol. The number of ketones is 1. The summed E-state index contributed by atoms with van der Waals surface area (Å²) in [4.78, 5) is 19.2. The van der Waals surface area contributed by atoms with Gasteiger partial charge < -0.3 is 9.47 Å². The molecule has 22 heavy (non-hydrogen) atoms. The maximum Gasteiger partial charge on any atom is 0.224 e. The van der Waals surface area contributed by atoms with E-state index in [4.69, 9.17) is 9.47 Å². The number of Topliss-reactive ketones (excluding diaryl/α,β-unsaturated/α-hetero) is 1. The maximum atomic E-state index is 12.2. The number of carbonyl (C=O) groups is 1. The summed E-state index contributed by atoms with van der Waals surface area (Å²) in [5.41, 5.74) is 3.09. The number of methoxy groups -OCH3 is 1. The van der Waals surface area contributed by atoms with Crippen LogP contribution in [0.3, 0.4) is 0 Å². The zero-order chi connectivity index (χ0) is 15.5. The number of hydrogen-bond acceptors (Lipinski definition) is 5. The molecule has 3 heterocycles. The topological polar surface area (TPSA) is 56.1 Å². The van der Waals surface area contributed by atoms with Gasteiger partial charge in [-0.1, -0.05) is 6.07 Å². The molecule has 0 unspecified atom stereocenters. The minimum absolute atomic E-state index is 0.0457. The molecule has 2 aromatic rings. The largest absolute Gasteiger partial charge is 0.379 e. The van der Waals surface area contributed by atoms with Gasteiger partial charge >= 0.3 is 0 Å². The van der Waals surface area contributed by atoms with Gasteiger partial charge in [0, 0.05) is 32.9 Å². The summed E-state index contributed by atoms with van der Waals surface area (Å²) in [5, 5.41) is 0. The number of imidazole rings is 1. The van der Waals surface area contributed by atoms with Crippen LogP contribution in [0.25, 0.3) is 5.52 Å². The standard InChI is InChI=1S/C16H21N3O3/c1-12-4-3-5-19-15(12)13(10-18-6-8-22-9-7-18)17-16(19)14(20)11-21-2/h3-5H,6-11H2,1-2H3. The van der Waals surface area contributed by atoms with Crippen LogP contribution in [0, 0.1) is 6.92 Å². The SMILES string of the molecule is COCC(=O)c1nc(CN2CCOCC2)c2c(C)cccn12. The third-order valence-electron chi connectivity index (χ3n) is 3.94. The molecule has 0 radical (unpaired) electrons. The van der Waals surface area contributed by atoms with Crippen LogP contribution >= 0.6 is 0 Å². The monoisotopic (exact) mass is 303 g/mol. The molecule has 0 amide bonds. The van der Waals surface area contributed by atoms with E-state index >= 15 is 0 Å². The van der Waals surface area contributed by atoms with Crippen LogP contribution in [-0.4, -0.2) is 60.1 Å². The fourth-order valence-electron chi connectivity index (χ4n) is 2.87. The number of nitrogens with zero attached hydrogens (tertiary/aromatic N) is 3. The number of carbonyl (C=O) groups excluding carboxylic acids is 1. The van der Waals surface area contributed by atoms with Crippen molar-refractivity contribution < 1.29 is 14.3 Å². The number of fused-ring (bicyclic) bond motifs is 1. The summed E-state index contributed by atoms with van der Waals surface area (Å²) < 4.78 is 12.2. The summed E-state index contributed by atoms with van der Waals surface area (Å²) in [6, 6.07) is 3.98. The average Bonchev–Trinajstić information content (AvgIpc) is 2.89. The molecule has 0 N–H and O–H groups in total. The first kappa shape index (κ1) is 15.1. The minimum Gasteiger partial charge on any atom is -0.379 e. The van der Waals surface area contributed by atoms with E-state index < -0.39 is 0 Å². The van der Waals surface area contributed by atoms with Crippen LogP contribution in [-0.2, 0) is 16.0 Å². The highest BCUT2D eigenvalue weighted by Gasteiger charge is 2.20. The Labute approximate surface area is 129 Å². The normalized spacial score (nSPS) is 16.3. The molecule has 3 rings (SSSR count). The van der Waals surface area contributed by atoms with Crippen LogP contribution in [0.15, 0.2) is 18.3 Å². The van der Waals surface area contributed by atoms with Crippen molar-refractivity contribution in [2.45, 2.75) is 13.5 Å². The fraction of sp³-hybridized carbons (Fsp3) is 0.500. The molecule has 1 fully saturated rings. The predicted octanol–water partition coefficient (Wildman–Crippen LogP) is 1.30. The molecule has 0 aromatic carbocycles. The molecule has 1 saturated heterocycles. The molecule has 6 heteroatoms. The third-order valence-corrected chi connectivity index (χ3v) is 3.94. The Morgan fingerprint density at radius 3 is 2.91 bits per heavy atom. The lowest BCUT2D eigenvalue weighted by Crippen LogP contribution is -2.35. The summed E-state index contributed by atoms with van der Waals surface area (Å²) >= 11 is 0. The molecular formula is C16H21N3O3. The molecular weight excluding hydrogens is 282 g/mol. The molecule has 2 aromatic heterocycles. The number of rotatable bonds is 5. The van der Waals surface area contributed by atoms with Crippen molar-refractivity contribution in [1.82, 2.24) is 14.3 Å². The highest BCUT2D eigenvalue weighted by atomic mass is 16.5. The maximum absolute atomic E-state index is 12.2. The van der Waals surface area contributed by atoms with Crippen LogP contribution < -0.4 is 0 Å². The van der Waals surface area contributed by atoms with Gasteiger partial charge in [0.1, 0.15) is 6.61 Å². The van der Waals surface area contributed by atoms with E-state index in [1.165, 1.54) is 7.11 Å². The second-order valence-corrected chi connectivity index (χ2v) is 5.54. The van der Waals surface area contributed by atoms with Crippen molar-refractivity contribution in [2.75, 3.05) is 40.0 Å².